The van der Waals surface area contributed by atoms with E-state index in [1.165, 1.54) is 0 Å². The Kier molecular flexibility index (Phi) is 5.50. The average Bonchev–Trinajstić information content (AvgIpc) is 2.22. The zero-order chi connectivity index (χ0) is 14.7. The van der Waals surface area contributed by atoms with E-state index in [9.17, 15) is 4.79 Å². The molecule has 0 aromatic rings. The fourth-order valence-electron chi connectivity index (χ4n) is 1.59. The number of carbonyl (C=O) groups excluding carboxylic acids is 1. The predicted molar refractivity (Wildman–Crippen MR) is 70.3 cm³/mol. The van der Waals surface area contributed by atoms with E-state index in [0.29, 0.717) is 6.42 Å². The molecule has 0 heterocycles. The van der Waals surface area contributed by atoms with Crippen LogP contribution >= 0.6 is 0 Å². The zero-order valence-corrected chi connectivity index (χ0v) is 12.8. The third-order valence-corrected chi connectivity index (χ3v) is 2.39. The van der Waals surface area contributed by atoms with Crippen molar-refractivity contribution in [3.63, 3.8) is 0 Å². The van der Waals surface area contributed by atoms with Crippen molar-refractivity contribution in [3.05, 3.63) is 0 Å². The fraction of sp³-hybridized carbons (Fsp3) is 0.929. The van der Waals surface area contributed by atoms with Crippen molar-refractivity contribution in [1.29, 1.82) is 0 Å². The van der Waals surface area contributed by atoms with Crippen molar-refractivity contribution in [2.24, 2.45) is 0 Å². The number of Topliss-reactive ketones (excluding diaryl/α,β-unsaturated/α-hetero) is 1. The van der Waals surface area contributed by atoms with Gasteiger partial charge in [0.05, 0.1) is 11.2 Å². The van der Waals surface area contributed by atoms with E-state index in [2.05, 4.69) is 0 Å². The van der Waals surface area contributed by atoms with Crippen LogP contribution in [-0.4, -0.2) is 29.2 Å². The minimum atomic E-state index is -0.713. The van der Waals surface area contributed by atoms with E-state index < -0.39 is 23.4 Å². The molecule has 19 heavy (non-hydrogen) atoms. The van der Waals surface area contributed by atoms with Crippen LogP contribution in [0.15, 0.2) is 0 Å². The van der Waals surface area contributed by atoms with E-state index in [1.54, 1.807) is 0 Å². The van der Waals surface area contributed by atoms with Gasteiger partial charge in [0, 0.05) is 6.42 Å². The molecule has 0 radical (unpaired) electrons. The molecule has 1 rings (SSSR count). The minimum Gasteiger partial charge on any atom is -0.297 e. The van der Waals surface area contributed by atoms with Gasteiger partial charge in [-0.15, -0.1) is 0 Å². The fourth-order valence-corrected chi connectivity index (χ4v) is 1.59. The Balaban J connectivity index is 2.57. The molecule has 0 amide bonds. The van der Waals surface area contributed by atoms with Crippen molar-refractivity contribution < 1.29 is 24.3 Å². The summed E-state index contributed by atoms with van der Waals surface area (Å²) in [5.41, 5.74) is -0.886. The molecule has 0 aromatic carbocycles. The molecule has 0 aromatic heterocycles. The van der Waals surface area contributed by atoms with Crippen LogP contribution in [0, 0.1) is 0 Å². The quantitative estimate of drug-likeness (QED) is 0.582. The van der Waals surface area contributed by atoms with Gasteiger partial charge in [-0.1, -0.05) is 0 Å². The summed E-state index contributed by atoms with van der Waals surface area (Å²) >= 11 is 0. The molecule has 0 saturated heterocycles. The lowest BCUT2D eigenvalue weighted by atomic mass is 9.94. The maximum absolute atomic E-state index is 11.9. The molecule has 0 aliphatic heterocycles. The first-order valence-corrected chi connectivity index (χ1v) is 6.80. The van der Waals surface area contributed by atoms with Crippen LogP contribution in [0.4, 0.5) is 0 Å². The second kappa shape index (κ2) is 6.31. The van der Waals surface area contributed by atoms with Gasteiger partial charge >= 0.3 is 0 Å². The Morgan fingerprint density at radius 3 is 2.00 bits per heavy atom. The predicted octanol–water partition coefficient (Wildman–Crippen LogP) is 2.97. The summed E-state index contributed by atoms with van der Waals surface area (Å²) in [7, 11) is 0. The molecule has 1 aliphatic carbocycles. The zero-order valence-electron chi connectivity index (χ0n) is 12.8. The van der Waals surface area contributed by atoms with Crippen molar-refractivity contribution in [1.82, 2.24) is 0 Å². The van der Waals surface area contributed by atoms with Gasteiger partial charge in [0.15, 0.2) is 11.9 Å². The number of rotatable bonds is 4. The van der Waals surface area contributed by atoms with Gasteiger partial charge in [0.1, 0.15) is 6.10 Å². The highest BCUT2D eigenvalue weighted by molar-refractivity contribution is 5.84. The summed E-state index contributed by atoms with van der Waals surface area (Å²) in [6.45, 7) is 11.3. The maximum atomic E-state index is 11.9. The Morgan fingerprint density at radius 1 is 0.947 bits per heavy atom. The third kappa shape index (κ3) is 6.47. The van der Waals surface area contributed by atoms with Crippen molar-refractivity contribution in [2.45, 2.75) is 84.2 Å². The van der Waals surface area contributed by atoms with Crippen LogP contribution in [0.5, 0.6) is 0 Å². The van der Waals surface area contributed by atoms with Crippen LogP contribution in [0.3, 0.4) is 0 Å². The standard InChI is InChI=1S/C14H26O5/c1-13(2,3)18-16-11-9-7-8-10(15)12(11)17-19-14(4,5)6/h11-12H,7-9H2,1-6H3. The molecule has 1 fully saturated rings. The van der Waals surface area contributed by atoms with Gasteiger partial charge in [0.2, 0.25) is 0 Å². The highest BCUT2D eigenvalue weighted by Crippen LogP contribution is 2.25. The molecule has 2 atom stereocenters. The monoisotopic (exact) mass is 274 g/mol. The molecule has 0 N–H and O–H groups in total. The van der Waals surface area contributed by atoms with Crippen LogP contribution in [0.25, 0.3) is 0 Å². The molecule has 0 bridgehead atoms. The lowest BCUT2D eigenvalue weighted by molar-refractivity contribution is -0.425. The van der Waals surface area contributed by atoms with E-state index >= 15 is 0 Å². The lowest BCUT2D eigenvalue weighted by Gasteiger charge is -2.32. The molecule has 1 aliphatic rings. The van der Waals surface area contributed by atoms with E-state index in [0.717, 1.165) is 12.8 Å². The van der Waals surface area contributed by atoms with Crippen LogP contribution < -0.4 is 0 Å². The smallest absolute Gasteiger partial charge is 0.180 e. The minimum absolute atomic E-state index is 0.00184. The largest absolute Gasteiger partial charge is 0.297 e. The van der Waals surface area contributed by atoms with Crippen molar-refractivity contribution in [2.75, 3.05) is 0 Å². The number of carbonyl (C=O) groups is 1. The summed E-state index contributed by atoms with van der Waals surface area (Å²) in [4.78, 5) is 33.1. The molecule has 2 unspecified atom stereocenters. The number of hydrogen-bond donors (Lipinski definition) is 0. The second-order valence-corrected chi connectivity index (χ2v) is 6.90. The molecule has 5 nitrogen and oxygen atoms in total. The van der Waals surface area contributed by atoms with Gasteiger partial charge < -0.3 is 0 Å². The van der Waals surface area contributed by atoms with Gasteiger partial charge in [0.25, 0.3) is 0 Å². The van der Waals surface area contributed by atoms with Gasteiger partial charge in [-0.05, 0) is 54.4 Å². The first-order valence-electron chi connectivity index (χ1n) is 6.80. The van der Waals surface area contributed by atoms with Crippen molar-refractivity contribution in [3.8, 4) is 0 Å². The first kappa shape index (κ1) is 16.6. The SMILES string of the molecule is CC(C)(C)OOC1CCCC(=O)C1OOC(C)(C)C. The molecular formula is C14H26O5. The summed E-state index contributed by atoms with van der Waals surface area (Å²) in [5.74, 6) is -0.00184. The molecule has 1 saturated carbocycles. The molecular weight excluding hydrogens is 248 g/mol. The Morgan fingerprint density at radius 2 is 1.47 bits per heavy atom. The third-order valence-electron chi connectivity index (χ3n) is 2.39. The van der Waals surface area contributed by atoms with E-state index in [-0.39, 0.29) is 5.78 Å². The summed E-state index contributed by atoms with van der Waals surface area (Å²) in [6.07, 6.45) is 0.873. The number of hydrogen-bond acceptors (Lipinski definition) is 5. The van der Waals surface area contributed by atoms with Crippen LogP contribution in [0.1, 0.15) is 60.8 Å². The highest BCUT2D eigenvalue weighted by atomic mass is 17.2. The molecule has 5 heteroatoms. The van der Waals surface area contributed by atoms with Gasteiger partial charge in [-0.3, -0.25) is 4.79 Å². The summed E-state index contributed by atoms with van der Waals surface area (Å²) < 4.78 is 0. The van der Waals surface area contributed by atoms with E-state index in [4.69, 9.17) is 19.6 Å². The molecule has 112 valence electrons. The molecule has 0 spiro atoms. The Bertz CT molecular complexity index is 300. The maximum Gasteiger partial charge on any atom is 0.180 e. The summed E-state index contributed by atoms with van der Waals surface area (Å²) in [5, 5.41) is 0. The Labute approximate surface area is 115 Å². The average molecular weight is 274 g/mol. The van der Waals surface area contributed by atoms with Crippen LogP contribution in [-0.2, 0) is 24.3 Å². The summed E-state index contributed by atoms with van der Waals surface area (Å²) in [6, 6.07) is 0. The van der Waals surface area contributed by atoms with Gasteiger partial charge in [-0.25, -0.2) is 19.6 Å². The van der Waals surface area contributed by atoms with Gasteiger partial charge in [-0.2, -0.15) is 0 Å². The van der Waals surface area contributed by atoms with Crippen molar-refractivity contribution >= 4 is 5.78 Å². The highest BCUT2D eigenvalue weighted by Gasteiger charge is 2.37. The number of ketones is 1. The van der Waals surface area contributed by atoms with Crippen LogP contribution in [0.2, 0.25) is 0 Å². The first-order chi connectivity index (χ1) is 8.58. The normalized spacial score (nSPS) is 25.7. The van der Waals surface area contributed by atoms with E-state index in [1.807, 2.05) is 41.5 Å². The second-order valence-electron chi connectivity index (χ2n) is 6.90. The topological polar surface area (TPSA) is 54.0 Å². The Hall–Kier alpha value is -0.490. The lowest BCUT2D eigenvalue weighted by Crippen LogP contribution is -2.44.